The van der Waals surface area contributed by atoms with E-state index in [1.807, 2.05) is 6.07 Å². The fourth-order valence-electron chi connectivity index (χ4n) is 1.04. The van der Waals surface area contributed by atoms with E-state index in [-0.39, 0.29) is 5.91 Å². The Morgan fingerprint density at radius 1 is 1.50 bits per heavy atom. The van der Waals surface area contributed by atoms with E-state index >= 15 is 0 Å². The van der Waals surface area contributed by atoms with Crippen molar-refractivity contribution in [2.24, 2.45) is 0 Å². The highest BCUT2D eigenvalue weighted by Crippen LogP contribution is 1.99. The molecule has 1 N–H and O–H groups in total. The molecule has 0 spiro atoms. The summed E-state index contributed by atoms with van der Waals surface area (Å²) >= 11 is 0. The van der Waals surface area contributed by atoms with Crippen molar-refractivity contribution in [3.8, 4) is 17.9 Å². The van der Waals surface area contributed by atoms with Crippen LogP contribution in [0.1, 0.15) is 24.5 Å². The molecule has 0 saturated heterocycles. The van der Waals surface area contributed by atoms with Crippen LogP contribution in [0.15, 0.2) is 18.5 Å². The van der Waals surface area contributed by atoms with E-state index in [4.69, 9.17) is 5.26 Å². The van der Waals surface area contributed by atoms with E-state index in [0.717, 1.165) is 0 Å². The Balaban J connectivity index is 2.50. The van der Waals surface area contributed by atoms with E-state index in [0.29, 0.717) is 24.1 Å². The molecule has 1 aromatic rings. The maximum atomic E-state index is 10.6. The van der Waals surface area contributed by atoms with Gasteiger partial charge in [-0.25, -0.2) is 0 Å². The Bertz CT molecular complexity index is 477. The van der Waals surface area contributed by atoms with Gasteiger partial charge in [0.25, 0.3) is 0 Å². The average Bonchev–Trinajstić information content (AvgIpc) is 2.28. The normalized spacial score (nSPS) is 8.50. The lowest BCUT2D eigenvalue weighted by atomic mass is 10.2. The number of aromatic nitrogens is 1. The summed E-state index contributed by atoms with van der Waals surface area (Å²) in [5, 5.41) is 11.3. The molecule has 0 aromatic carbocycles. The van der Waals surface area contributed by atoms with Crippen LogP contribution in [0.2, 0.25) is 0 Å². The SMILES string of the molecule is CC(=O)NCCC#Cc1cncc(C#N)c1. The molecule has 0 unspecified atom stereocenters. The highest BCUT2D eigenvalue weighted by Gasteiger charge is 1.91. The topological polar surface area (TPSA) is 65.8 Å². The quantitative estimate of drug-likeness (QED) is 0.584. The molecule has 0 aliphatic rings. The molecule has 80 valence electrons. The number of rotatable bonds is 2. The van der Waals surface area contributed by atoms with Crippen LogP contribution < -0.4 is 5.32 Å². The van der Waals surface area contributed by atoms with Crippen molar-refractivity contribution in [1.82, 2.24) is 10.3 Å². The van der Waals surface area contributed by atoms with Crippen molar-refractivity contribution in [1.29, 1.82) is 5.26 Å². The molecular weight excluding hydrogens is 202 g/mol. The minimum absolute atomic E-state index is 0.0602. The summed E-state index contributed by atoms with van der Waals surface area (Å²) in [4.78, 5) is 14.4. The zero-order valence-electron chi connectivity index (χ0n) is 8.95. The van der Waals surface area contributed by atoms with Crippen LogP contribution in [0.5, 0.6) is 0 Å². The first-order chi connectivity index (χ1) is 7.72. The second-order valence-corrected chi connectivity index (χ2v) is 3.11. The van der Waals surface area contributed by atoms with Crippen molar-refractivity contribution in [3.63, 3.8) is 0 Å². The molecule has 1 amide bonds. The third kappa shape index (κ3) is 4.26. The molecule has 16 heavy (non-hydrogen) atoms. The molecule has 0 aliphatic carbocycles. The number of amides is 1. The Morgan fingerprint density at radius 2 is 2.25 bits per heavy atom. The summed E-state index contributed by atoms with van der Waals surface area (Å²) < 4.78 is 0. The Morgan fingerprint density at radius 3 is 2.94 bits per heavy atom. The first-order valence-electron chi connectivity index (χ1n) is 4.81. The largest absolute Gasteiger partial charge is 0.355 e. The molecule has 0 fully saturated rings. The first-order valence-corrected chi connectivity index (χ1v) is 4.81. The van der Waals surface area contributed by atoms with Gasteiger partial charge in [-0.1, -0.05) is 11.8 Å². The molecular formula is C12H11N3O. The van der Waals surface area contributed by atoms with E-state index in [9.17, 15) is 4.79 Å². The molecule has 1 aromatic heterocycles. The minimum atomic E-state index is -0.0602. The number of nitriles is 1. The van der Waals surface area contributed by atoms with E-state index in [1.165, 1.54) is 13.1 Å². The van der Waals surface area contributed by atoms with Crippen LogP contribution in [-0.4, -0.2) is 17.4 Å². The number of nitrogens with zero attached hydrogens (tertiary/aromatic N) is 2. The molecule has 1 rings (SSSR count). The maximum absolute atomic E-state index is 10.6. The zero-order chi connectivity index (χ0) is 11.8. The Kier molecular flexibility index (Phi) is 4.56. The van der Waals surface area contributed by atoms with Crippen molar-refractivity contribution in [2.75, 3.05) is 6.54 Å². The summed E-state index contributed by atoms with van der Waals surface area (Å²) in [7, 11) is 0. The van der Waals surface area contributed by atoms with Gasteiger partial charge in [0.1, 0.15) is 6.07 Å². The van der Waals surface area contributed by atoms with Crippen LogP contribution in [0.3, 0.4) is 0 Å². The second-order valence-electron chi connectivity index (χ2n) is 3.11. The van der Waals surface area contributed by atoms with Gasteiger partial charge >= 0.3 is 0 Å². The molecule has 1 heterocycles. The standard InChI is InChI=1S/C12H11N3O/c1-10(16)15-5-3-2-4-11-6-12(7-13)9-14-8-11/h6,8-9H,3,5H2,1H3,(H,15,16). The van der Waals surface area contributed by atoms with Gasteiger partial charge in [-0.3, -0.25) is 9.78 Å². The van der Waals surface area contributed by atoms with Gasteiger partial charge in [-0.15, -0.1) is 0 Å². The summed E-state index contributed by atoms with van der Waals surface area (Å²) in [6, 6.07) is 3.68. The average molecular weight is 213 g/mol. The van der Waals surface area contributed by atoms with Gasteiger partial charge in [0.2, 0.25) is 5.91 Å². The monoisotopic (exact) mass is 213 g/mol. The van der Waals surface area contributed by atoms with Gasteiger partial charge < -0.3 is 5.32 Å². The molecule has 0 bridgehead atoms. The van der Waals surface area contributed by atoms with Gasteiger partial charge in [0, 0.05) is 37.8 Å². The van der Waals surface area contributed by atoms with Crippen LogP contribution in [-0.2, 0) is 4.79 Å². The molecule has 0 atom stereocenters. The predicted molar refractivity (Wildman–Crippen MR) is 59.1 cm³/mol. The number of carbonyl (C=O) groups excluding carboxylic acids is 1. The summed E-state index contributed by atoms with van der Waals surface area (Å²) in [6.45, 7) is 2.00. The highest BCUT2D eigenvalue weighted by molar-refractivity contribution is 5.72. The molecule has 0 radical (unpaired) electrons. The van der Waals surface area contributed by atoms with Crippen molar-refractivity contribution < 1.29 is 4.79 Å². The molecule has 4 heteroatoms. The number of hydrogen-bond acceptors (Lipinski definition) is 3. The van der Waals surface area contributed by atoms with Crippen LogP contribution in [0.25, 0.3) is 0 Å². The van der Waals surface area contributed by atoms with Crippen molar-refractivity contribution in [3.05, 3.63) is 29.6 Å². The minimum Gasteiger partial charge on any atom is -0.355 e. The Hall–Kier alpha value is -2.33. The van der Waals surface area contributed by atoms with E-state index in [1.54, 1.807) is 12.3 Å². The van der Waals surface area contributed by atoms with Gasteiger partial charge in [0.15, 0.2) is 0 Å². The third-order valence-electron chi connectivity index (χ3n) is 1.72. The second kappa shape index (κ2) is 6.21. The first kappa shape index (κ1) is 11.7. The van der Waals surface area contributed by atoms with Crippen molar-refractivity contribution in [2.45, 2.75) is 13.3 Å². The van der Waals surface area contributed by atoms with Crippen molar-refractivity contribution >= 4 is 5.91 Å². The molecule has 0 saturated carbocycles. The Labute approximate surface area is 94.3 Å². The summed E-state index contributed by atoms with van der Waals surface area (Å²) in [5.74, 6) is 5.71. The van der Waals surface area contributed by atoms with Crippen LogP contribution in [0.4, 0.5) is 0 Å². The number of carbonyl (C=O) groups is 1. The number of pyridine rings is 1. The van der Waals surface area contributed by atoms with E-state index < -0.39 is 0 Å². The molecule has 4 nitrogen and oxygen atoms in total. The highest BCUT2D eigenvalue weighted by atomic mass is 16.1. The molecule has 0 aliphatic heterocycles. The van der Waals surface area contributed by atoms with Crippen LogP contribution in [0, 0.1) is 23.2 Å². The zero-order valence-corrected chi connectivity index (χ0v) is 8.95. The number of nitrogens with one attached hydrogen (secondary N) is 1. The summed E-state index contributed by atoms with van der Waals surface area (Å²) in [5.41, 5.74) is 1.20. The third-order valence-corrected chi connectivity index (χ3v) is 1.72. The maximum Gasteiger partial charge on any atom is 0.216 e. The van der Waals surface area contributed by atoms with Gasteiger partial charge in [0.05, 0.1) is 5.56 Å². The van der Waals surface area contributed by atoms with E-state index in [2.05, 4.69) is 22.1 Å². The van der Waals surface area contributed by atoms with Gasteiger partial charge in [-0.05, 0) is 6.07 Å². The smallest absolute Gasteiger partial charge is 0.216 e. The predicted octanol–water partition coefficient (Wildman–Crippen LogP) is 0.831. The summed E-state index contributed by atoms with van der Waals surface area (Å²) in [6.07, 6.45) is 3.67. The fraction of sp³-hybridized carbons (Fsp3) is 0.250. The number of hydrogen-bond donors (Lipinski definition) is 1. The van der Waals surface area contributed by atoms with Crippen LogP contribution >= 0.6 is 0 Å². The lowest BCUT2D eigenvalue weighted by molar-refractivity contribution is -0.118. The fourth-order valence-corrected chi connectivity index (χ4v) is 1.04. The lowest BCUT2D eigenvalue weighted by Gasteiger charge is -1.94. The van der Waals surface area contributed by atoms with Gasteiger partial charge in [-0.2, -0.15) is 5.26 Å². The lowest BCUT2D eigenvalue weighted by Crippen LogP contribution is -2.20.